The average Bonchev–Trinajstić information content (AvgIpc) is 3.20. The maximum atomic E-state index is 12.7. The first kappa shape index (κ1) is 20.4. The standard InChI is InChI=1S/C26H25N3O2/c1-19-11-12-24(20(2)15-19)31-18-22-9-6-10-23(16-22)26(30)27-25-13-14-29(28-25)17-21-7-4-3-5-8-21/h3-16H,17-18H2,1-2H3,(H,27,28,30). The first-order valence-electron chi connectivity index (χ1n) is 10.2. The van der Waals surface area contributed by atoms with Crippen LogP contribution in [0.3, 0.4) is 0 Å². The van der Waals surface area contributed by atoms with Gasteiger partial charge in [-0.1, -0.05) is 60.2 Å². The zero-order valence-electron chi connectivity index (χ0n) is 17.7. The van der Waals surface area contributed by atoms with E-state index in [4.69, 9.17) is 4.74 Å². The number of ether oxygens (including phenoxy) is 1. The smallest absolute Gasteiger partial charge is 0.256 e. The van der Waals surface area contributed by atoms with Crippen LogP contribution in [0.1, 0.15) is 32.6 Å². The van der Waals surface area contributed by atoms with Crippen molar-refractivity contribution in [1.82, 2.24) is 9.78 Å². The van der Waals surface area contributed by atoms with E-state index >= 15 is 0 Å². The molecule has 0 saturated heterocycles. The Hall–Kier alpha value is -3.86. The summed E-state index contributed by atoms with van der Waals surface area (Å²) in [5.74, 6) is 1.18. The van der Waals surface area contributed by atoms with Gasteiger partial charge >= 0.3 is 0 Å². The van der Waals surface area contributed by atoms with Gasteiger partial charge in [0.05, 0.1) is 6.54 Å². The van der Waals surface area contributed by atoms with E-state index in [1.54, 1.807) is 16.8 Å². The highest BCUT2D eigenvalue weighted by Crippen LogP contribution is 2.20. The van der Waals surface area contributed by atoms with E-state index in [-0.39, 0.29) is 5.91 Å². The van der Waals surface area contributed by atoms with Gasteiger partial charge < -0.3 is 10.1 Å². The van der Waals surface area contributed by atoms with Gasteiger partial charge in [0.1, 0.15) is 12.4 Å². The SMILES string of the molecule is Cc1ccc(OCc2cccc(C(=O)Nc3ccn(Cc4ccccc4)n3)c2)c(C)c1. The van der Waals surface area contributed by atoms with Crippen LogP contribution < -0.4 is 10.1 Å². The van der Waals surface area contributed by atoms with Gasteiger partial charge in [-0.05, 0) is 48.7 Å². The minimum atomic E-state index is -0.196. The van der Waals surface area contributed by atoms with E-state index in [1.807, 2.05) is 73.8 Å². The second-order valence-electron chi connectivity index (χ2n) is 7.60. The number of hydrogen-bond acceptors (Lipinski definition) is 3. The van der Waals surface area contributed by atoms with Gasteiger partial charge in [-0.25, -0.2) is 0 Å². The summed E-state index contributed by atoms with van der Waals surface area (Å²) in [7, 11) is 0. The van der Waals surface area contributed by atoms with E-state index in [9.17, 15) is 4.79 Å². The first-order chi connectivity index (χ1) is 15.1. The predicted molar refractivity (Wildman–Crippen MR) is 122 cm³/mol. The third-order valence-corrected chi connectivity index (χ3v) is 4.98. The van der Waals surface area contributed by atoms with Gasteiger partial charge in [-0.15, -0.1) is 0 Å². The average molecular weight is 412 g/mol. The summed E-state index contributed by atoms with van der Waals surface area (Å²) < 4.78 is 7.75. The van der Waals surface area contributed by atoms with Crippen LogP contribution in [0.15, 0.2) is 85.1 Å². The lowest BCUT2D eigenvalue weighted by atomic mass is 10.1. The van der Waals surface area contributed by atoms with Crippen LogP contribution in [-0.4, -0.2) is 15.7 Å². The van der Waals surface area contributed by atoms with Crippen molar-refractivity contribution in [1.29, 1.82) is 0 Å². The maximum Gasteiger partial charge on any atom is 0.256 e. The lowest BCUT2D eigenvalue weighted by Gasteiger charge is -2.10. The molecule has 1 heterocycles. The van der Waals surface area contributed by atoms with Gasteiger partial charge in [-0.3, -0.25) is 9.48 Å². The number of carbonyl (C=O) groups excluding carboxylic acids is 1. The fraction of sp³-hybridized carbons (Fsp3) is 0.154. The number of nitrogens with one attached hydrogen (secondary N) is 1. The quantitative estimate of drug-likeness (QED) is 0.444. The molecule has 0 aliphatic rings. The molecule has 4 rings (SSSR count). The monoisotopic (exact) mass is 411 g/mol. The van der Waals surface area contributed by atoms with Crippen molar-refractivity contribution >= 4 is 11.7 Å². The Labute approximate surface area is 182 Å². The summed E-state index contributed by atoms with van der Waals surface area (Å²) >= 11 is 0. The molecule has 5 nitrogen and oxygen atoms in total. The molecular formula is C26H25N3O2. The predicted octanol–water partition coefficient (Wildman–Crippen LogP) is 5.38. The fourth-order valence-electron chi connectivity index (χ4n) is 3.40. The highest BCUT2D eigenvalue weighted by Gasteiger charge is 2.10. The molecule has 0 radical (unpaired) electrons. The zero-order chi connectivity index (χ0) is 21.6. The van der Waals surface area contributed by atoms with Crippen molar-refractivity contribution in [3.63, 3.8) is 0 Å². The Morgan fingerprint density at radius 3 is 2.55 bits per heavy atom. The molecule has 0 aliphatic heterocycles. The van der Waals surface area contributed by atoms with Gasteiger partial charge in [0.2, 0.25) is 0 Å². The largest absolute Gasteiger partial charge is 0.489 e. The van der Waals surface area contributed by atoms with Crippen molar-refractivity contribution in [2.24, 2.45) is 0 Å². The third kappa shape index (κ3) is 5.39. The molecule has 156 valence electrons. The Bertz CT molecular complexity index is 1180. The Morgan fingerprint density at radius 2 is 1.74 bits per heavy atom. The summed E-state index contributed by atoms with van der Waals surface area (Å²) in [6.07, 6.45) is 1.86. The van der Waals surface area contributed by atoms with E-state index < -0.39 is 0 Å². The normalized spacial score (nSPS) is 10.6. The van der Waals surface area contributed by atoms with E-state index in [0.717, 1.165) is 22.4 Å². The second kappa shape index (κ2) is 9.30. The molecule has 0 spiro atoms. The van der Waals surface area contributed by atoms with Gasteiger partial charge in [-0.2, -0.15) is 5.10 Å². The molecule has 0 unspecified atom stereocenters. The fourth-order valence-corrected chi connectivity index (χ4v) is 3.40. The zero-order valence-corrected chi connectivity index (χ0v) is 17.7. The molecule has 0 saturated carbocycles. The molecule has 0 fully saturated rings. The van der Waals surface area contributed by atoms with Crippen molar-refractivity contribution < 1.29 is 9.53 Å². The number of anilines is 1. The molecule has 31 heavy (non-hydrogen) atoms. The Balaban J connectivity index is 1.38. The summed E-state index contributed by atoms with van der Waals surface area (Å²) in [6, 6.07) is 25.4. The minimum Gasteiger partial charge on any atom is -0.489 e. The molecule has 1 amide bonds. The number of carbonyl (C=O) groups is 1. The number of benzene rings is 3. The summed E-state index contributed by atoms with van der Waals surface area (Å²) in [5, 5.41) is 7.32. The Kier molecular flexibility index (Phi) is 6.13. The highest BCUT2D eigenvalue weighted by atomic mass is 16.5. The van der Waals surface area contributed by atoms with Crippen molar-refractivity contribution in [2.75, 3.05) is 5.32 Å². The van der Waals surface area contributed by atoms with Crippen molar-refractivity contribution in [3.8, 4) is 5.75 Å². The molecule has 4 aromatic rings. The number of aryl methyl sites for hydroxylation is 2. The summed E-state index contributed by atoms with van der Waals surface area (Å²) in [4.78, 5) is 12.7. The van der Waals surface area contributed by atoms with Crippen LogP contribution >= 0.6 is 0 Å². The minimum absolute atomic E-state index is 0.196. The van der Waals surface area contributed by atoms with Crippen LogP contribution in [0.2, 0.25) is 0 Å². The molecule has 0 bridgehead atoms. The molecular weight excluding hydrogens is 386 g/mol. The highest BCUT2D eigenvalue weighted by molar-refractivity contribution is 6.03. The molecule has 5 heteroatoms. The van der Waals surface area contributed by atoms with Gasteiger partial charge in [0, 0.05) is 17.8 Å². The number of hydrogen-bond donors (Lipinski definition) is 1. The first-order valence-corrected chi connectivity index (χ1v) is 10.2. The van der Waals surface area contributed by atoms with E-state index in [0.29, 0.717) is 24.5 Å². The van der Waals surface area contributed by atoms with Crippen molar-refractivity contribution in [2.45, 2.75) is 27.0 Å². The Morgan fingerprint density at radius 1 is 0.935 bits per heavy atom. The van der Waals surface area contributed by atoms with Crippen LogP contribution in [0.5, 0.6) is 5.75 Å². The third-order valence-electron chi connectivity index (χ3n) is 4.98. The van der Waals surface area contributed by atoms with E-state index in [1.165, 1.54) is 5.56 Å². The van der Waals surface area contributed by atoms with E-state index in [2.05, 4.69) is 23.4 Å². The maximum absolute atomic E-state index is 12.7. The topological polar surface area (TPSA) is 56.1 Å². The summed E-state index contributed by atoms with van der Waals surface area (Å²) in [5.41, 5.74) is 4.95. The molecule has 1 aromatic heterocycles. The van der Waals surface area contributed by atoms with Crippen LogP contribution in [0.25, 0.3) is 0 Å². The second-order valence-corrected chi connectivity index (χ2v) is 7.60. The summed E-state index contributed by atoms with van der Waals surface area (Å²) in [6.45, 7) is 5.14. The van der Waals surface area contributed by atoms with Gasteiger partial charge in [0.15, 0.2) is 5.82 Å². The van der Waals surface area contributed by atoms with Crippen LogP contribution in [0, 0.1) is 13.8 Å². The van der Waals surface area contributed by atoms with Gasteiger partial charge in [0.25, 0.3) is 5.91 Å². The molecule has 0 aliphatic carbocycles. The van der Waals surface area contributed by atoms with Crippen LogP contribution in [-0.2, 0) is 13.2 Å². The number of nitrogens with zero attached hydrogens (tertiary/aromatic N) is 2. The number of amides is 1. The molecule has 0 atom stereocenters. The molecule has 3 aromatic carbocycles. The lowest BCUT2D eigenvalue weighted by Crippen LogP contribution is -2.13. The number of rotatable bonds is 7. The van der Waals surface area contributed by atoms with Crippen molar-refractivity contribution in [3.05, 3.63) is 113 Å². The lowest BCUT2D eigenvalue weighted by molar-refractivity contribution is 0.102. The number of aromatic nitrogens is 2. The van der Waals surface area contributed by atoms with Crippen LogP contribution in [0.4, 0.5) is 5.82 Å². The molecule has 1 N–H and O–H groups in total.